The molecule has 0 unspecified atom stereocenters. The molecule has 162 valence electrons. The summed E-state index contributed by atoms with van der Waals surface area (Å²) in [5.74, 6) is 0.201. The molecule has 0 saturated carbocycles. The van der Waals surface area contributed by atoms with E-state index in [9.17, 15) is 9.59 Å². The van der Waals surface area contributed by atoms with Crippen molar-refractivity contribution in [3.05, 3.63) is 64.7 Å². The molecule has 6 heteroatoms. The van der Waals surface area contributed by atoms with Crippen LogP contribution in [0.25, 0.3) is 0 Å². The Kier molecular flexibility index (Phi) is 8.30. The van der Waals surface area contributed by atoms with Gasteiger partial charge in [0, 0.05) is 18.1 Å². The largest absolute Gasteiger partial charge is 0.483 e. The Hall–Kier alpha value is -2.53. The summed E-state index contributed by atoms with van der Waals surface area (Å²) in [5.41, 5.74) is 1.76. The first-order valence-corrected chi connectivity index (χ1v) is 10.5. The Morgan fingerprint density at radius 3 is 2.47 bits per heavy atom. The first-order valence-electron chi connectivity index (χ1n) is 10.2. The zero-order valence-corrected chi connectivity index (χ0v) is 19.1. The van der Waals surface area contributed by atoms with E-state index < -0.39 is 6.04 Å². The molecule has 1 N–H and O–H groups in total. The van der Waals surface area contributed by atoms with Gasteiger partial charge in [-0.25, -0.2) is 0 Å². The number of rotatable bonds is 8. The van der Waals surface area contributed by atoms with E-state index in [1.807, 2.05) is 43.3 Å². The van der Waals surface area contributed by atoms with Gasteiger partial charge in [0.15, 0.2) is 6.61 Å². The standard InChI is InChI=1S/C24H31ClN2O3/c1-6-26-23(29)17(2)27(15-18-10-9-11-19(25)14-18)22(28)16-30-21-13-8-7-12-20(21)24(3,4)5/h7-14,17H,6,15-16H2,1-5H3,(H,26,29)/t17-/m0/s1. The van der Waals surface area contributed by atoms with Crippen LogP contribution in [0.1, 0.15) is 45.7 Å². The van der Waals surface area contributed by atoms with E-state index in [1.165, 1.54) is 4.90 Å². The molecule has 0 heterocycles. The van der Waals surface area contributed by atoms with Crippen LogP contribution < -0.4 is 10.1 Å². The molecular formula is C24H31ClN2O3. The summed E-state index contributed by atoms with van der Waals surface area (Å²) < 4.78 is 5.91. The van der Waals surface area contributed by atoms with E-state index in [0.29, 0.717) is 17.3 Å². The maximum atomic E-state index is 13.1. The van der Waals surface area contributed by atoms with Crippen LogP contribution in [-0.2, 0) is 21.5 Å². The summed E-state index contributed by atoms with van der Waals surface area (Å²) in [6.45, 7) is 10.5. The molecular weight excluding hydrogens is 400 g/mol. The highest BCUT2D eigenvalue weighted by atomic mass is 35.5. The number of halogens is 1. The predicted octanol–water partition coefficient (Wildman–Crippen LogP) is 4.57. The van der Waals surface area contributed by atoms with Crippen LogP contribution in [0, 0.1) is 0 Å². The van der Waals surface area contributed by atoms with Crippen molar-refractivity contribution in [1.82, 2.24) is 10.2 Å². The van der Waals surface area contributed by atoms with Crippen LogP contribution >= 0.6 is 11.6 Å². The van der Waals surface area contributed by atoms with Crippen molar-refractivity contribution in [1.29, 1.82) is 0 Å². The third-order valence-electron chi connectivity index (χ3n) is 4.81. The fourth-order valence-electron chi connectivity index (χ4n) is 3.17. The molecule has 0 aliphatic heterocycles. The number of amides is 2. The maximum Gasteiger partial charge on any atom is 0.261 e. The van der Waals surface area contributed by atoms with E-state index in [2.05, 4.69) is 26.1 Å². The molecule has 0 aliphatic rings. The van der Waals surface area contributed by atoms with Crippen molar-refractivity contribution in [3.8, 4) is 5.75 Å². The molecule has 0 fully saturated rings. The van der Waals surface area contributed by atoms with Gasteiger partial charge >= 0.3 is 0 Å². The molecule has 0 aliphatic carbocycles. The number of likely N-dealkylation sites (N-methyl/N-ethyl adjacent to an activating group) is 1. The van der Waals surface area contributed by atoms with Crippen molar-refractivity contribution in [2.75, 3.05) is 13.2 Å². The SMILES string of the molecule is CCNC(=O)[C@H](C)N(Cc1cccc(Cl)c1)C(=O)COc1ccccc1C(C)(C)C. The van der Waals surface area contributed by atoms with E-state index in [-0.39, 0.29) is 30.4 Å². The quantitative estimate of drug-likeness (QED) is 0.667. The fraction of sp³-hybridized carbons (Fsp3) is 0.417. The van der Waals surface area contributed by atoms with Gasteiger partial charge in [0.2, 0.25) is 5.91 Å². The second-order valence-corrected chi connectivity index (χ2v) is 8.69. The minimum absolute atomic E-state index is 0.117. The lowest BCUT2D eigenvalue weighted by atomic mass is 9.86. The molecule has 2 aromatic rings. The van der Waals surface area contributed by atoms with Crippen LogP contribution in [0.4, 0.5) is 0 Å². The van der Waals surface area contributed by atoms with Gasteiger partial charge in [-0.15, -0.1) is 0 Å². The Balaban J connectivity index is 2.21. The van der Waals surface area contributed by atoms with Gasteiger partial charge in [0.25, 0.3) is 5.91 Å². The normalized spacial score (nSPS) is 12.2. The Morgan fingerprint density at radius 2 is 1.83 bits per heavy atom. The van der Waals surface area contributed by atoms with Gasteiger partial charge in [0.05, 0.1) is 0 Å². The van der Waals surface area contributed by atoms with Gasteiger partial charge < -0.3 is 15.0 Å². The van der Waals surface area contributed by atoms with Gasteiger partial charge in [0.1, 0.15) is 11.8 Å². The van der Waals surface area contributed by atoms with Crippen molar-refractivity contribution in [2.24, 2.45) is 0 Å². The van der Waals surface area contributed by atoms with Gasteiger partial charge in [-0.05, 0) is 48.6 Å². The number of hydrogen-bond donors (Lipinski definition) is 1. The number of ether oxygens (including phenoxy) is 1. The second kappa shape index (κ2) is 10.5. The van der Waals surface area contributed by atoms with Crippen molar-refractivity contribution >= 4 is 23.4 Å². The predicted molar refractivity (Wildman–Crippen MR) is 121 cm³/mol. The number of carbonyl (C=O) groups excluding carboxylic acids is 2. The third kappa shape index (κ3) is 6.49. The molecule has 2 rings (SSSR count). The lowest BCUT2D eigenvalue weighted by Crippen LogP contribution is -2.49. The minimum Gasteiger partial charge on any atom is -0.483 e. The van der Waals surface area contributed by atoms with E-state index in [1.54, 1.807) is 19.1 Å². The molecule has 1 atom stereocenters. The monoisotopic (exact) mass is 430 g/mol. The number of benzene rings is 2. The first-order chi connectivity index (χ1) is 14.1. The molecule has 0 radical (unpaired) electrons. The molecule has 5 nitrogen and oxygen atoms in total. The lowest BCUT2D eigenvalue weighted by molar-refractivity contribution is -0.142. The first kappa shape index (κ1) is 23.7. The molecule has 2 amide bonds. The Labute approximate surface area is 184 Å². The average Bonchev–Trinajstić information content (AvgIpc) is 2.69. The molecule has 30 heavy (non-hydrogen) atoms. The highest BCUT2D eigenvalue weighted by Gasteiger charge is 2.27. The minimum atomic E-state index is -0.641. The number of nitrogens with one attached hydrogen (secondary N) is 1. The van der Waals surface area contributed by atoms with Gasteiger partial charge in [-0.2, -0.15) is 0 Å². The highest BCUT2D eigenvalue weighted by Crippen LogP contribution is 2.31. The summed E-state index contributed by atoms with van der Waals surface area (Å²) in [4.78, 5) is 27.1. The molecule has 0 spiro atoms. The summed E-state index contributed by atoms with van der Waals surface area (Å²) >= 11 is 6.09. The topological polar surface area (TPSA) is 58.6 Å². The molecule has 0 bridgehead atoms. The van der Waals surface area contributed by atoms with Crippen molar-refractivity contribution < 1.29 is 14.3 Å². The number of carbonyl (C=O) groups is 2. The molecule has 2 aromatic carbocycles. The van der Waals surface area contributed by atoms with Gasteiger partial charge in [-0.1, -0.05) is 62.7 Å². The highest BCUT2D eigenvalue weighted by molar-refractivity contribution is 6.30. The van der Waals surface area contributed by atoms with Gasteiger partial charge in [-0.3, -0.25) is 9.59 Å². The molecule has 0 saturated heterocycles. The van der Waals surface area contributed by atoms with E-state index in [4.69, 9.17) is 16.3 Å². The van der Waals surface area contributed by atoms with Crippen LogP contribution in [0.3, 0.4) is 0 Å². The summed E-state index contributed by atoms with van der Waals surface area (Å²) in [6, 6.07) is 14.3. The molecule has 0 aromatic heterocycles. The zero-order valence-electron chi connectivity index (χ0n) is 18.4. The fourth-order valence-corrected chi connectivity index (χ4v) is 3.38. The van der Waals surface area contributed by atoms with E-state index >= 15 is 0 Å². The van der Waals surface area contributed by atoms with Crippen LogP contribution in [0.15, 0.2) is 48.5 Å². The summed E-state index contributed by atoms with van der Waals surface area (Å²) in [7, 11) is 0. The van der Waals surface area contributed by atoms with Crippen LogP contribution in [0.2, 0.25) is 5.02 Å². The van der Waals surface area contributed by atoms with E-state index in [0.717, 1.165) is 11.1 Å². The summed E-state index contributed by atoms with van der Waals surface area (Å²) in [5, 5.41) is 3.37. The maximum absolute atomic E-state index is 13.1. The van der Waals surface area contributed by atoms with Crippen LogP contribution in [0.5, 0.6) is 5.75 Å². The number of hydrogen-bond acceptors (Lipinski definition) is 3. The summed E-state index contributed by atoms with van der Waals surface area (Å²) in [6.07, 6.45) is 0. The second-order valence-electron chi connectivity index (χ2n) is 8.26. The van der Waals surface area contributed by atoms with Crippen molar-refractivity contribution in [2.45, 2.75) is 52.6 Å². The number of para-hydroxylation sites is 1. The smallest absolute Gasteiger partial charge is 0.261 e. The number of nitrogens with zero attached hydrogens (tertiary/aromatic N) is 1. The Bertz CT molecular complexity index is 877. The van der Waals surface area contributed by atoms with Crippen LogP contribution in [-0.4, -0.2) is 35.9 Å². The Morgan fingerprint density at radius 1 is 1.13 bits per heavy atom. The average molecular weight is 431 g/mol. The van der Waals surface area contributed by atoms with Crippen molar-refractivity contribution in [3.63, 3.8) is 0 Å². The zero-order chi connectivity index (χ0) is 22.3. The third-order valence-corrected chi connectivity index (χ3v) is 5.04. The lowest BCUT2D eigenvalue weighted by Gasteiger charge is -2.29.